The second-order valence-electron chi connectivity index (χ2n) is 4.97. The van der Waals surface area contributed by atoms with Crippen LogP contribution in [0.1, 0.15) is 24.2 Å². The molecule has 24 heavy (non-hydrogen) atoms. The van der Waals surface area contributed by atoms with E-state index in [9.17, 15) is 4.79 Å². The van der Waals surface area contributed by atoms with Gasteiger partial charge in [-0.25, -0.2) is 0 Å². The summed E-state index contributed by atoms with van der Waals surface area (Å²) in [6, 6.07) is 8.53. The van der Waals surface area contributed by atoms with Crippen LogP contribution in [0.25, 0.3) is 0 Å². The lowest BCUT2D eigenvalue weighted by Gasteiger charge is -2.18. The Morgan fingerprint density at radius 1 is 1.04 bits per heavy atom. The minimum atomic E-state index is -0.291. The molecule has 0 aliphatic rings. The Kier molecular flexibility index (Phi) is 5.95. The third kappa shape index (κ3) is 3.92. The maximum absolute atomic E-state index is 12.3. The Hall–Kier alpha value is -2.83. The third-order valence-electron chi connectivity index (χ3n) is 3.63. The summed E-state index contributed by atoms with van der Waals surface area (Å²) in [4.78, 5) is 14.4. The van der Waals surface area contributed by atoms with Crippen molar-refractivity contribution in [3.8, 4) is 11.5 Å². The monoisotopic (exact) mass is 330 g/mol. The van der Waals surface area contributed by atoms with E-state index in [0.29, 0.717) is 22.9 Å². The van der Waals surface area contributed by atoms with Crippen LogP contribution in [0.3, 0.4) is 0 Å². The zero-order valence-electron chi connectivity index (χ0n) is 14.4. The Morgan fingerprint density at radius 3 is 2.29 bits per heavy atom. The highest BCUT2D eigenvalue weighted by Crippen LogP contribution is 2.27. The molecule has 1 aromatic carbocycles. The number of methoxy groups -OCH3 is 2. The van der Waals surface area contributed by atoms with Crippen molar-refractivity contribution in [2.75, 3.05) is 37.5 Å². The van der Waals surface area contributed by atoms with Crippen LogP contribution in [-0.2, 0) is 0 Å². The van der Waals surface area contributed by atoms with Gasteiger partial charge in [-0.3, -0.25) is 4.79 Å². The van der Waals surface area contributed by atoms with Crippen LogP contribution in [0.5, 0.6) is 11.5 Å². The lowest BCUT2D eigenvalue weighted by Crippen LogP contribution is -2.23. The van der Waals surface area contributed by atoms with E-state index in [1.807, 2.05) is 6.07 Å². The molecular formula is C17H22N4O3. The highest BCUT2D eigenvalue weighted by molar-refractivity contribution is 6.04. The zero-order valence-corrected chi connectivity index (χ0v) is 14.4. The smallest absolute Gasteiger partial charge is 0.257 e. The van der Waals surface area contributed by atoms with Crippen molar-refractivity contribution in [1.29, 1.82) is 0 Å². The standard InChI is InChI=1S/C17H22N4O3/c1-5-21(6-2)16-10-9-15(19-20-16)18-17(22)12-7-8-13(23-3)14(11-12)24-4/h7-11H,5-6H2,1-4H3,(H,18,19,22). The molecule has 0 aliphatic heterocycles. The highest BCUT2D eigenvalue weighted by atomic mass is 16.5. The molecule has 0 radical (unpaired) electrons. The summed E-state index contributed by atoms with van der Waals surface area (Å²) in [5.41, 5.74) is 0.447. The number of nitrogens with one attached hydrogen (secondary N) is 1. The quantitative estimate of drug-likeness (QED) is 0.841. The summed E-state index contributed by atoms with van der Waals surface area (Å²) in [6.45, 7) is 5.81. The van der Waals surface area contributed by atoms with Crippen LogP contribution in [0, 0.1) is 0 Å². The minimum Gasteiger partial charge on any atom is -0.493 e. The molecule has 0 saturated carbocycles. The molecule has 0 spiro atoms. The van der Waals surface area contributed by atoms with Gasteiger partial charge in [0.2, 0.25) is 0 Å². The fourth-order valence-corrected chi connectivity index (χ4v) is 2.27. The number of nitrogens with zero attached hydrogens (tertiary/aromatic N) is 3. The molecule has 7 heteroatoms. The van der Waals surface area contributed by atoms with Crippen molar-refractivity contribution >= 4 is 17.5 Å². The van der Waals surface area contributed by atoms with E-state index in [1.165, 1.54) is 7.11 Å². The molecule has 0 bridgehead atoms. The number of hydrogen-bond acceptors (Lipinski definition) is 6. The van der Waals surface area contributed by atoms with E-state index >= 15 is 0 Å². The number of rotatable bonds is 7. The van der Waals surface area contributed by atoms with E-state index in [-0.39, 0.29) is 5.91 Å². The number of benzene rings is 1. The number of hydrogen-bond donors (Lipinski definition) is 1. The Morgan fingerprint density at radius 2 is 1.75 bits per heavy atom. The first-order valence-corrected chi connectivity index (χ1v) is 7.75. The number of anilines is 2. The lowest BCUT2D eigenvalue weighted by atomic mass is 10.2. The van der Waals surface area contributed by atoms with Crippen molar-refractivity contribution in [2.24, 2.45) is 0 Å². The molecule has 0 saturated heterocycles. The largest absolute Gasteiger partial charge is 0.493 e. The van der Waals surface area contributed by atoms with Crippen LogP contribution in [0.2, 0.25) is 0 Å². The SMILES string of the molecule is CCN(CC)c1ccc(NC(=O)c2ccc(OC)c(OC)c2)nn1. The van der Waals surface area contributed by atoms with Gasteiger partial charge in [-0.1, -0.05) is 0 Å². The molecule has 128 valence electrons. The third-order valence-corrected chi connectivity index (χ3v) is 3.63. The van der Waals surface area contributed by atoms with Gasteiger partial charge in [-0.15, -0.1) is 10.2 Å². The van der Waals surface area contributed by atoms with Crippen molar-refractivity contribution in [2.45, 2.75) is 13.8 Å². The second-order valence-corrected chi connectivity index (χ2v) is 4.97. The molecule has 1 aromatic heterocycles. The Bertz CT molecular complexity index is 685. The van der Waals surface area contributed by atoms with Gasteiger partial charge in [0.05, 0.1) is 14.2 Å². The van der Waals surface area contributed by atoms with Gasteiger partial charge in [0, 0.05) is 18.7 Å². The molecule has 0 aliphatic carbocycles. The normalized spacial score (nSPS) is 10.2. The number of ether oxygens (including phenoxy) is 2. The maximum atomic E-state index is 12.3. The van der Waals surface area contributed by atoms with Crippen LogP contribution < -0.4 is 19.7 Å². The van der Waals surface area contributed by atoms with E-state index in [2.05, 4.69) is 34.3 Å². The number of carbonyl (C=O) groups excluding carboxylic acids is 1. The highest BCUT2D eigenvalue weighted by Gasteiger charge is 2.12. The topological polar surface area (TPSA) is 76.6 Å². The number of amides is 1. The molecule has 7 nitrogen and oxygen atoms in total. The molecule has 2 aromatic rings. The van der Waals surface area contributed by atoms with Crippen molar-refractivity contribution < 1.29 is 14.3 Å². The molecule has 0 fully saturated rings. The summed E-state index contributed by atoms with van der Waals surface area (Å²) in [6.07, 6.45) is 0. The maximum Gasteiger partial charge on any atom is 0.257 e. The average molecular weight is 330 g/mol. The van der Waals surface area contributed by atoms with Crippen LogP contribution in [0.15, 0.2) is 30.3 Å². The summed E-state index contributed by atoms with van der Waals surface area (Å²) >= 11 is 0. The zero-order chi connectivity index (χ0) is 17.5. The van der Waals surface area contributed by atoms with Crippen molar-refractivity contribution in [3.05, 3.63) is 35.9 Å². The first-order chi connectivity index (χ1) is 11.6. The summed E-state index contributed by atoms with van der Waals surface area (Å²) < 4.78 is 10.4. The van der Waals surface area contributed by atoms with Gasteiger partial charge in [-0.05, 0) is 44.2 Å². The van der Waals surface area contributed by atoms with E-state index < -0.39 is 0 Å². The molecule has 2 rings (SSSR count). The molecule has 0 unspecified atom stereocenters. The molecule has 1 amide bonds. The van der Waals surface area contributed by atoms with E-state index in [4.69, 9.17) is 9.47 Å². The first kappa shape index (κ1) is 17.5. The van der Waals surface area contributed by atoms with Crippen LogP contribution in [0.4, 0.5) is 11.6 Å². The van der Waals surface area contributed by atoms with Gasteiger partial charge in [0.1, 0.15) is 0 Å². The van der Waals surface area contributed by atoms with Crippen LogP contribution >= 0.6 is 0 Å². The van der Waals surface area contributed by atoms with E-state index in [0.717, 1.165) is 18.9 Å². The van der Waals surface area contributed by atoms with Crippen LogP contribution in [-0.4, -0.2) is 43.4 Å². The van der Waals surface area contributed by atoms with Gasteiger partial charge in [-0.2, -0.15) is 0 Å². The summed E-state index contributed by atoms with van der Waals surface area (Å²) in [5, 5.41) is 10.9. The lowest BCUT2D eigenvalue weighted by molar-refractivity contribution is 0.102. The fourth-order valence-electron chi connectivity index (χ4n) is 2.27. The predicted molar refractivity (Wildman–Crippen MR) is 93.1 cm³/mol. The molecular weight excluding hydrogens is 308 g/mol. The first-order valence-electron chi connectivity index (χ1n) is 7.75. The summed E-state index contributed by atoms with van der Waals surface area (Å²) in [7, 11) is 3.07. The average Bonchev–Trinajstić information content (AvgIpc) is 2.63. The molecule has 1 N–H and O–H groups in total. The van der Waals surface area contributed by atoms with Gasteiger partial charge >= 0.3 is 0 Å². The number of aromatic nitrogens is 2. The van der Waals surface area contributed by atoms with Gasteiger partial charge < -0.3 is 19.7 Å². The predicted octanol–water partition coefficient (Wildman–Crippen LogP) is 2.59. The van der Waals surface area contributed by atoms with E-state index in [1.54, 1.807) is 31.4 Å². The minimum absolute atomic E-state index is 0.291. The molecule has 0 atom stereocenters. The fraction of sp³-hybridized carbons (Fsp3) is 0.353. The second kappa shape index (κ2) is 8.14. The van der Waals surface area contributed by atoms with Gasteiger partial charge in [0.15, 0.2) is 23.1 Å². The van der Waals surface area contributed by atoms with Crippen molar-refractivity contribution in [3.63, 3.8) is 0 Å². The Labute approximate surface area is 141 Å². The molecule has 1 heterocycles. The van der Waals surface area contributed by atoms with Crippen molar-refractivity contribution in [1.82, 2.24) is 10.2 Å². The number of carbonyl (C=O) groups is 1. The Balaban J connectivity index is 2.12. The van der Waals surface area contributed by atoms with Gasteiger partial charge in [0.25, 0.3) is 5.91 Å². The summed E-state index contributed by atoms with van der Waals surface area (Å²) in [5.74, 6) is 1.95.